The Kier molecular flexibility index (Phi) is 8.11. The molecule has 0 saturated heterocycles. The van der Waals surface area contributed by atoms with Crippen LogP contribution in [-0.2, 0) is 6.42 Å². The van der Waals surface area contributed by atoms with Gasteiger partial charge in [0.25, 0.3) is 11.8 Å². The number of rotatable bonds is 9. The first-order chi connectivity index (χ1) is 13.4. The minimum atomic E-state index is -0.642. The molecule has 0 aliphatic carbocycles. The highest BCUT2D eigenvalue weighted by molar-refractivity contribution is 5.99. The minimum absolute atomic E-state index is 0.0893. The molecular formula is C22H26F2N2O2. The van der Waals surface area contributed by atoms with Gasteiger partial charge in [0.1, 0.15) is 11.6 Å². The quantitative estimate of drug-likeness (QED) is 0.700. The minimum Gasteiger partial charge on any atom is -0.352 e. The van der Waals surface area contributed by atoms with E-state index in [2.05, 4.69) is 5.32 Å². The number of nitrogens with zero attached hydrogens (tertiary/aromatic N) is 1. The zero-order valence-corrected chi connectivity index (χ0v) is 16.3. The van der Waals surface area contributed by atoms with Gasteiger partial charge >= 0.3 is 0 Å². The Morgan fingerprint density at radius 3 is 2.14 bits per heavy atom. The molecule has 6 heteroatoms. The van der Waals surface area contributed by atoms with Crippen LogP contribution in [-0.4, -0.2) is 36.3 Å². The van der Waals surface area contributed by atoms with Crippen molar-refractivity contribution in [2.75, 3.05) is 19.6 Å². The molecule has 28 heavy (non-hydrogen) atoms. The number of benzene rings is 2. The fourth-order valence-corrected chi connectivity index (χ4v) is 3.01. The number of amides is 2. The molecule has 0 spiro atoms. The first-order valence-corrected chi connectivity index (χ1v) is 9.57. The van der Waals surface area contributed by atoms with Gasteiger partial charge in [0, 0.05) is 36.8 Å². The van der Waals surface area contributed by atoms with Crippen LogP contribution in [0.4, 0.5) is 8.78 Å². The van der Waals surface area contributed by atoms with E-state index >= 15 is 0 Å². The Balaban J connectivity index is 2.00. The third-order valence-corrected chi connectivity index (χ3v) is 4.27. The first-order valence-electron chi connectivity index (χ1n) is 9.57. The third kappa shape index (κ3) is 6.15. The molecule has 2 aromatic rings. The molecule has 0 bridgehead atoms. The standard InChI is InChI=1S/C22H26F2N2O2/c1-3-10-26(11-4-2)22(28)18-7-5-6-17(14-18)21(27)25-9-8-16-12-19(23)15-20(24)13-16/h5-7,12-15H,3-4,8-11H2,1-2H3,(H,25,27). The van der Waals surface area contributed by atoms with E-state index in [1.54, 1.807) is 29.2 Å². The van der Waals surface area contributed by atoms with Crippen molar-refractivity contribution in [2.24, 2.45) is 0 Å². The van der Waals surface area contributed by atoms with Crippen LogP contribution in [0.2, 0.25) is 0 Å². The summed E-state index contributed by atoms with van der Waals surface area (Å²) in [5, 5.41) is 2.72. The van der Waals surface area contributed by atoms with Gasteiger partial charge < -0.3 is 10.2 Å². The van der Waals surface area contributed by atoms with Gasteiger partial charge in [0.2, 0.25) is 0 Å². The van der Waals surface area contributed by atoms with E-state index in [9.17, 15) is 18.4 Å². The molecule has 0 saturated carbocycles. The van der Waals surface area contributed by atoms with Crippen molar-refractivity contribution in [3.8, 4) is 0 Å². The fourth-order valence-electron chi connectivity index (χ4n) is 3.01. The van der Waals surface area contributed by atoms with Gasteiger partial charge in [-0.1, -0.05) is 19.9 Å². The summed E-state index contributed by atoms with van der Waals surface area (Å²) in [5.74, 6) is -1.70. The van der Waals surface area contributed by atoms with Gasteiger partial charge in [-0.05, 0) is 55.2 Å². The van der Waals surface area contributed by atoms with Crippen molar-refractivity contribution in [3.63, 3.8) is 0 Å². The van der Waals surface area contributed by atoms with Crippen LogP contribution in [0.5, 0.6) is 0 Å². The Labute approximate surface area is 164 Å². The zero-order chi connectivity index (χ0) is 20.5. The lowest BCUT2D eigenvalue weighted by molar-refractivity contribution is 0.0755. The Bertz CT molecular complexity index is 798. The van der Waals surface area contributed by atoms with Gasteiger partial charge in [-0.3, -0.25) is 9.59 Å². The molecule has 0 heterocycles. The van der Waals surface area contributed by atoms with Crippen molar-refractivity contribution in [3.05, 3.63) is 70.8 Å². The number of nitrogens with one attached hydrogen (secondary N) is 1. The van der Waals surface area contributed by atoms with Crippen LogP contribution in [0.1, 0.15) is 53.0 Å². The van der Waals surface area contributed by atoms with E-state index in [1.165, 1.54) is 12.1 Å². The smallest absolute Gasteiger partial charge is 0.253 e. The van der Waals surface area contributed by atoms with E-state index in [0.29, 0.717) is 36.2 Å². The molecule has 0 atom stereocenters. The van der Waals surface area contributed by atoms with Crippen LogP contribution in [0.15, 0.2) is 42.5 Å². The maximum Gasteiger partial charge on any atom is 0.253 e. The maximum absolute atomic E-state index is 13.2. The van der Waals surface area contributed by atoms with Crippen molar-refractivity contribution < 1.29 is 18.4 Å². The Morgan fingerprint density at radius 2 is 1.54 bits per heavy atom. The van der Waals surface area contributed by atoms with Gasteiger partial charge in [0.05, 0.1) is 0 Å². The number of hydrogen-bond acceptors (Lipinski definition) is 2. The topological polar surface area (TPSA) is 49.4 Å². The summed E-state index contributed by atoms with van der Waals surface area (Å²) in [6.45, 7) is 5.62. The van der Waals surface area contributed by atoms with E-state index in [4.69, 9.17) is 0 Å². The van der Waals surface area contributed by atoms with E-state index in [1.807, 2.05) is 13.8 Å². The van der Waals surface area contributed by atoms with Crippen LogP contribution < -0.4 is 5.32 Å². The molecule has 150 valence electrons. The highest BCUT2D eigenvalue weighted by Crippen LogP contribution is 2.11. The second-order valence-corrected chi connectivity index (χ2v) is 6.66. The van der Waals surface area contributed by atoms with Crippen LogP contribution in [0, 0.1) is 11.6 Å². The summed E-state index contributed by atoms with van der Waals surface area (Å²) < 4.78 is 26.4. The lowest BCUT2D eigenvalue weighted by Crippen LogP contribution is -2.33. The highest BCUT2D eigenvalue weighted by atomic mass is 19.1. The fraction of sp³-hybridized carbons (Fsp3) is 0.364. The molecule has 0 aliphatic heterocycles. The SMILES string of the molecule is CCCN(CCC)C(=O)c1cccc(C(=O)NCCc2cc(F)cc(F)c2)c1. The van der Waals surface area contributed by atoms with Crippen molar-refractivity contribution in [2.45, 2.75) is 33.1 Å². The summed E-state index contributed by atoms with van der Waals surface area (Å²) in [6, 6.07) is 9.89. The molecule has 2 aromatic carbocycles. The zero-order valence-electron chi connectivity index (χ0n) is 16.3. The second kappa shape index (κ2) is 10.5. The predicted molar refractivity (Wildman–Crippen MR) is 105 cm³/mol. The maximum atomic E-state index is 13.2. The monoisotopic (exact) mass is 388 g/mol. The molecule has 0 aromatic heterocycles. The van der Waals surface area contributed by atoms with Crippen molar-refractivity contribution in [1.29, 1.82) is 0 Å². The molecule has 2 amide bonds. The number of halogens is 2. The first kappa shape index (κ1) is 21.5. The molecule has 0 aliphatic rings. The van der Waals surface area contributed by atoms with Crippen molar-refractivity contribution in [1.82, 2.24) is 10.2 Å². The molecule has 4 nitrogen and oxygen atoms in total. The molecular weight excluding hydrogens is 362 g/mol. The summed E-state index contributed by atoms with van der Waals surface area (Å²) in [4.78, 5) is 26.9. The Hall–Kier alpha value is -2.76. The van der Waals surface area contributed by atoms with E-state index in [-0.39, 0.29) is 18.4 Å². The molecule has 0 radical (unpaired) electrons. The van der Waals surface area contributed by atoms with Gasteiger partial charge in [-0.2, -0.15) is 0 Å². The van der Waals surface area contributed by atoms with E-state index in [0.717, 1.165) is 18.9 Å². The summed E-state index contributed by atoms with van der Waals surface area (Å²) in [6.07, 6.45) is 2.04. The summed E-state index contributed by atoms with van der Waals surface area (Å²) in [7, 11) is 0. The number of carbonyl (C=O) groups excluding carboxylic acids is 2. The van der Waals surface area contributed by atoms with Crippen molar-refractivity contribution >= 4 is 11.8 Å². The molecule has 0 fully saturated rings. The lowest BCUT2D eigenvalue weighted by atomic mass is 10.1. The molecule has 0 unspecified atom stereocenters. The van der Waals surface area contributed by atoms with Gasteiger partial charge in [-0.25, -0.2) is 8.78 Å². The summed E-state index contributed by atoms with van der Waals surface area (Å²) >= 11 is 0. The van der Waals surface area contributed by atoms with E-state index < -0.39 is 11.6 Å². The average Bonchev–Trinajstić information content (AvgIpc) is 2.66. The average molecular weight is 388 g/mol. The summed E-state index contributed by atoms with van der Waals surface area (Å²) in [5.41, 5.74) is 1.32. The third-order valence-electron chi connectivity index (χ3n) is 4.27. The normalized spacial score (nSPS) is 10.6. The van der Waals surface area contributed by atoms with Crippen LogP contribution in [0.3, 0.4) is 0 Å². The molecule has 1 N–H and O–H groups in total. The highest BCUT2D eigenvalue weighted by Gasteiger charge is 2.16. The predicted octanol–water partition coefficient (Wildman–Crippen LogP) is 4.20. The second-order valence-electron chi connectivity index (χ2n) is 6.66. The largest absolute Gasteiger partial charge is 0.352 e. The van der Waals surface area contributed by atoms with Gasteiger partial charge in [0.15, 0.2) is 0 Å². The number of carbonyl (C=O) groups is 2. The lowest BCUT2D eigenvalue weighted by Gasteiger charge is -2.21. The van der Waals surface area contributed by atoms with Crippen LogP contribution >= 0.6 is 0 Å². The Morgan fingerprint density at radius 1 is 0.929 bits per heavy atom. The molecule has 2 rings (SSSR count). The number of hydrogen-bond donors (Lipinski definition) is 1. The van der Waals surface area contributed by atoms with Crippen LogP contribution in [0.25, 0.3) is 0 Å². The van der Waals surface area contributed by atoms with Gasteiger partial charge in [-0.15, -0.1) is 0 Å².